The van der Waals surface area contributed by atoms with Gasteiger partial charge in [-0.3, -0.25) is 0 Å². The molecule has 1 N–H and O–H groups in total. The number of hydrogen-bond acceptors (Lipinski definition) is 4. The van der Waals surface area contributed by atoms with Crippen molar-refractivity contribution in [3.63, 3.8) is 0 Å². The van der Waals surface area contributed by atoms with Crippen molar-refractivity contribution in [2.24, 2.45) is 5.92 Å². The number of hydrogen-bond donors (Lipinski definition) is 1. The first-order valence-corrected chi connectivity index (χ1v) is 7.06. The maximum atomic E-state index is 10.6. The van der Waals surface area contributed by atoms with E-state index in [4.69, 9.17) is 13.9 Å². The Morgan fingerprint density at radius 2 is 2.21 bits per heavy atom. The molecule has 3 heterocycles. The lowest BCUT2D eigenvalue weighted by Crippen LogP contribution is -2.41. The highest BCUT2D eigenvalue weighted by Crippen LogP contribution is 2.41. The summed E-state index contributed by atoms with van der Waals surface area (Å²) in [7, 11) is 0. The lowest BCUT2D eigenvalue weighted by atomic mass is 9.80. The molecule has 106 valence electrons. The standard InChI is InChI=1S/C15H22O4/c1-10-7-13(11(2)19-10)14(16)12-3-5-18-15(8-12)4-6-17-9-15/h7,12,14,16H,3-6,8-9H2,1-2H3. The zero-order valence-corrected chi connectivity index (χ0v) is 11.6. The quantitative estimate of drug-likeness (QED) is 0.893. The molecule has 1 aromatic heterocycles. The third-order valence-corrected chi connectivity index (χ3v) is 4.44. The van der Waals surface area contributed by atoms with E-state index in [9.17, 15) is 5.11 Å². The number of ether oxygens (including phenoxy) is 2. The number of aliphatic hydroxyl groups excluding tert-OH is 1. The second-order valence-electron chi connectivity index (χ2n) is 5.90. The zero-order chi connectivity index (χ0) is 13.5. The molecule has 4 heteroatoms. The molecule has 0 aliphatic carbocycles. The first kappa shape index (κ1) is 13.2. The van der Waals surface area contributed by atoms with Gasteiger partial charge in [-0.05, 0) is 38.7 Å². The average Bonchev–Trinajstić information content (AvgIpc) is 2.96. The summed E-state index contributed by atoms with van der Waals surface area (Å²) in [5, 5.41) is 10.6. The van der Waals surface area contributed by atoms with Gasteiger partial charge in [-0.25, -0.2) is 0 Å². The molecule has 2 aliphatic rings. The summed E-state index contributed by atoms with van der Waals surface area (Å²) in [4.78, 5) is 0. The van der Waals surface area contributed by atoms with Crippen LogP contribution in [0.3, 0.4) is 0 Å². The van der Waals surface area contributed by atoms with E-state index in [1.54, 1.807) is 0 Å². The summed E-state index contributed by atoms with van der Waals surface area (Å²) in [5.74, 6) is 1.91. The molecule has 0 saturated carbocycles. The summed E-state index contributed by atoms with van der Waals surface area (Å²) in [6.07, 6.45) is 2.25. The van der Waals surface area contributed by atoms with Crippen LogP contribution in [0.25, 0.3) is 0 Å². The average molecular weight is 266 g/mol. The summed E-state index contributed by atoms with van der Waals surface area (Å²) in [6, 6.07) is 1.95. The van der Waals surface area contributed by atoms with Gasteiger partial charge >= 0.3 is 0 Å². The smallest absolute Gasteiger partial charge is 0.106 e. The normalized spacial score (nSPS) is 32.9. The lowest BCUT2D eigenvalue weighted by molar-refractivity contribution is -0.117. The molecule has 19 heavy (non-hydrogen) atoms. The molecule has 0 aromatic carbocycles. The predicted molar refractivity (Wildman–Crippen MR) is 70.0 cm³/mol. The minimum atomic E-state index is -0.459. The molecule has 0 bridgehead atoms. The van der Waals surface area contributed by atoms with E-state index in [1.165, 1.54) is 0 Å². The number of aryl methyl sites for hydroxylation is 2. The molecule has 2 aliphatic heterocycles. The van der Waals surface area contributed by atoms with Gasteiger partial charge in [-0.1, -0.05) is 0 Å². The molecule has 1 spiro atoms. The molecule has 0 amide bonds. The minimum absolute atomic E-state index is 0.156. The summed E-state index contributed by atoms with van der Waals surface area (Å²) < 4.78 is 16.9. The monoisotopic (exact) mass is 266 g/mol. The number of rotatable bonds is 2. The molecule has 3 unspecified atom stereocenters. The Labute approximate surface area is 113 Å². The highest BCUT2D eigenvalue weighted by molar-refractivity contribution is 5.23. The van der Waals surface area contributed by atoms with E-state index in [2.05, 4.69) is 0 Å². The van der Waals surface area contributed by atoms with Gasteiger partial charge in [0.2, 0.25) is 0 Å². The van der Waals surface area contributed by atoms with Gasteiger partial charge in [0, 0.05) is 25.2 Å². The van der Waals surface area contributed by atoms with E-state index < -0.39 is 6.10 Å². The van der Waals surface area contributed by atoms with Gasteiger partial charge in [-0.15, -0.1) is 0 Å². The van der Waals surface area contributed by atoms with Crippen LogP contribution in [0.2, 0.25) is 0 Å². The Balaban J connectivity index is 1.76. The van der Waals surface area contributed by atoms with Gasteiger partial charge in [0.1, 0.15) is 11.5 Å². The molecule has 0 radical (unpaired) electrons. The van der Waals surface area contributed by atoms with Crippen molar-refractivity contribution in [2.75, 3.05) is 19.8 Å². The molecule has 2 saturated heterocycles. The Kier molecular flexibility index (Phi) is 3.41. The van der Waals surface area contributed by atoms with Crippen molar-refractivity contribution < 1.29 is 19.0 Å². The molecule has 1 aromatic rings. The van der Waals surface area contributed by atoms with Crippen LogP contribution in [0.5, 0.6) is 0 Å². The molecule has 3 rings (SSSR count). The third-order valence-electron chi connectivity index (χ3n) is 4.44. The van der Waals surface area contributed by atoms with Crippen molar-refractivity contribution in [2.45, 2.75) is 44.8 Å². The van der Waals surface area contributed by atoms with Crippen LogP contribution in [-0.2, 0) is 9.47 Å². The van der Waals surface area contributed by atoms with Gasteiger partial charge in [-0.2, -0.15) is 0 Å². The van der Waals surface area contributed by atoms with Crippen molar-refractivity contribution in [3.8, 4) is 0 Å². The van der Waals surface area contributed by atoms with Crippen molar-refractivity contribution in [3.05, 3.63) is 23.2 Å². The second-order valence-corrected chi connectivity index (χ2v) is 5.90. The van der Waals surface area contributed by atoms with Crippen LogP contribution in [0.4, 0.5) is 0 Å². The highest BCUT2D eigenvalue weighted by atomic mass is 16.6. The SMILES string of the molecule is Cc1cc(C(O)C2CCOC3(CCOC3)C2)c(C)o1. The van der Waals surface area contributed by atoms with Gasteiger partial charge < -0.3 is 19.0 Å². The van der Waals surface area contributed by atoms with E-state index >= 15 is 0 Å². The third kappa shape index (κ3) is 2.45. The van der Waals surface area contributed by atoms with Crippen LogP contribution in [0.15, 0.2) is 10.5 Å². The molecular weight excluding hydrogens is 244 g/mol. The maximum Gasteiger partial charge on any atom is 0.106 e. The van der Waals surface area contributed by atoms with Crippen molar-refractivity contribution in [1.82, 2.24) is 0 Å². The fraction of sp³-hybridized carbons (Fsp3) is 0.733. The topological polar surface area (TPSA) is 51.8 Å². The highest BCUT2D eigenvalue weighted by Gasteiger charge is 2.43. The fourth-order valence-electron chi connectivity index (χ4n) is 3.40. The molecule has 4 nitrogen and oxygen atoms in total. The molecule has 2 fully saturated rings. The maximum absolute atomic E-state index is 10.6. The first-order chi connectivity index (χ1) is 9.10. The van der Waals surface area contributed by atoms with Gasteiger partial charge in [0.15, 0.2) is 0 Å². The zero-order valence-electron chi connectivity index (χ0n) is 11.6. The van der Waals surface area contributed by atoms with Crippen LogP contribution in [-0.4, -0.2) is 30.5 Å². The predicted octanol–water partition coefficient (Wildman–Crippen LogP) is 2.52. The van der Waals surface area contributed by atoms with E-state index in [-0.39, 0.29) is 11.5 Å². The van der Waals surface area contributed by atoms with Crippen molar-refractivity contribution in [1.29, 1.82) is 0 Å². The van der Waals surface area contributed by atoms with Gasteiger partial charge in [0.05, 0.1) is 18.3 Å². The fourth-order valence-corrected chi connectivity index (χ4v) is 3.40. The Bertz CT molecular complexity index is 445. The van der Waals surface area contributed by atoms with Crippen LogP contribution >= 0.6 is 0 Å². The molecule has 3 atom stereocenters. The summed E-state index contributed by atoms with van der Waals surface area (Å²) >= 11 is 0. The van der Waals surface area contributed by atoms with Crippen LogP contribution in [0, 0.1) is 19.8 Å². The van der Waals surface area contributed by atoms with Crippen LogP contribution < -0.4 is 0 Å². The largest absolute Gasteiger partial charge is 0.466 e. The van der Waals surface area contributed by atoms with E-state index in [0.717, 1.165) is 43.0 Å². The lowest BCUT2D eigenvalue weighted by Gasteiger charge is -2.38. The number of furan rings is 1. The second kappa shape index (κ2) is 4.93. The Morgan fingerprint density at radius 3 is 2.84 bits per heavy atom. The Hall–Kier alpha value is -0.840. The van der Waals surface area contributed by atoms with E-state index in [0.29, 0.717) is 13.2 Å². The summed E-state index contributed by atoms with van der Waals surface area (Å²) in [5.41, 5.74) is 0.773. The minimum Gasteiger partial charge on any atom is -0.466 e. The van der Waals surface area contributed by atoms with Crippen LogP contribution in [0.1, 0.15) is 42.5 Å². The first-order valence-electron chi connectivity index (χ1n) is 7.06. The summed E-state index contributed by atoms with van der Waals surface area (Å²) in [6.45, 7) is 5.98. The number of aliphatic hydroxyl groups is 1. The van der Waals surface area contributed by atoms with Gasteiger partial charge in [0.25, 0.3) is 0 Å². The van der Waals surface area contributed by atoms with Crippen molar-refractivity contribution >= 4 is 0 Å². The molecular formula is C15H22O4. The van der Waals surface area contributed by atoms with E-state index in [1.807, 2.05) is 19.9 Å². The Morgan fingerprint density at radius 1 is 1.37 bits per heavy atom.